The number of fused-ring (bicyclic) bond motifs is 1. The summed E-state index contributed by atoms with van der Waals surface area (Å²) in [6, 6.07) is 6.50. The Kier molecular flexibility index (Phi) is 5.11. The number of benzene rings is 1. The molecule has 0 saturated carbocycles. The molecule has 2 aromatic rings. The number of hydrogen-bond donors (Lipinski definition) is 1. The normalized spacial score (nSPS) is 21.1. The first-order valence-corrected chi connectivity index (χ1v) is 10.8. The Bertz CT molecular complexity index is 1260. The molecule has 1 unspecified atom stereocenters. The molecule has 1 aromatic carbocycles. The molecule has 4 amide bonds. The fraction of sp³-hybridized carbons (Fsp3) is 0.409. The lowest BCUT2D eigenvalue weighted by atomic mass is 9.78. The van der Waals surface area contributed by atoms with Crippen molar-refractivity contribution in [2.75, 3.05) is 19.8 Å². The van der Waals surface area contributed by atoms with Gasteiger partial charge in [0, 0.05) is 31.6 Å². The van der Waals surface area contributed by atoms with Gasteiger partial charge in [-0.2, -0.15) is 5.26 Å². The molecule has 1 aromatic heterocycles. The lowest BCUT2D eigenvalue weighted by Gasteiger charge is -2.44. The molecule has 2 fully saturated rings. The molecule has 174 valence electrons. The molecular weight excluding hydrogens is 445 g/mol. The van der Waals surface area contributed by atoms with Crippen LogP contribution in [0.3, 0.4) is 0 Å². The predicted molar refractivity (Wildman–Crippen MR) is 112 cm³/mol. The van der Waals surface area contributed by atoms with Gasteiger partial charge >= 0.3 is 0 Å². The van der Waals surface area contributed by atoms with Crippen LogP contribution in [0.15, 0.2) is 24.4 Å². The summed E-state index contributed by atoms with van der Waals surface area (Å²) in [5, 5.41) is 19.4. The van der Waals surface area contributed by atoms with E-state index in [-0.39, 0.29) is 56.4 Å². The van der Waals surface area contributed by atoms with Crippen LogP contribution in [0, 0.1) is 16.7 Å². The van der Waals surface area contributed by atoms with E-state index in [0.29, 0.717) is 11.3 Å². The van der Waals surface area contributed by atoms with E-state index in [0.717, 1.165) is 5.56 Å². The zero-order valence-electron chi connectivity index (χ0n) is 18.0. The minimum absolute atomic E-state index is 0.0729. The maximum Gasteiger partial charge on any atom is 0.276 e. The first kappa shape index (κ1) is 21.7. The van der Waals surface area contributed by atoms with Crippen LogP contribution in [0.2, 0.25) is 0 Å². The largest absolute Gasteiger partial charge is 0.334 e. The van der Waals surface area contributed by atoms with Crippen LogP contribution in [0.25, 0.3) is 5.69 Å². The summed E-state index contributed by atoms with van der Waals surface area (Å²) in [7, 11) is 0. The molecule has 4 heterocycles. The molecule has 0 spiro atoms. The molecule has 0 bridgehead atoms. The highest BCUT2D eigenvalue weighted by atomic mass is 19.1. The van der Waals surface area contributed by atoms with Crippen molar-refractivity contribution in [1.82, 2.24) is 30.1 Å². The monoisotopic (exact) mass is 465 g/mol. The van der Waals surface area contributed by atoms with Gasteiger partial charge in [0.15, 0.2) is 5.69 Å². The minimum Gasteiger partial charge on any atom is -0.334 e. The van der Waals surface area contributed by atoms with Crippen molar-refractivity contribution < 1.29 is 23.6 Å². The van der Waals surface area contributed by atoms with Crippen LogP contribution in [0.1, 0.15) is 45.7 Å². The van der Waals surface area contributed by atoms with Crippen LogP contribution >= 0.6 is 0 Å². The molecule has 3 aliphatic rings. The van der Waals surface area contributed by atoms with Gasteiger partial charge < -0.3 is 9.80 Å². The number of alkyl halides is 1. The third kappa shape index (κ3) is 3.49. The topological polar surface area (TPSA) is 141 Å². The third-order valence-electron chi connectivity index (χ3n) is 6.57. The van der Waals surface area contributed by atoms with Crippen LogP contribution < -0.4 is 5.32 Å². The van der Waals surface area contributed by atoms with Crippen molar-refractivity contribution in [1.29, 1.82) is 5.26 Å². The number of likely N-dealkylation sites (tertiary alicyclic amines) is 1. The van der Waals surface area contributed by atoms with E-state index in [1.165, 1.54) is 20.7 Å². The van der Waals surface area contributed by atoms with Crippen LogP contribution in [-0.2, 0) is 16.1 Å². The van der Waals surface area contributed by atoms with Crippen molar-refractivity contribution >= 4 is 23.6 Å². The number of aromatic nitrogens is 3. The second-order valence-corrected chi connectivity index (χ2v) is 8.78. The van der Waals surface area contributed by atoms with Gasteiger partial charge in [-0.3, -0.25) is 28.9 Å². The number of nitrogens with one attached hydrogen (secondary N) is 1. The van der Waals surface area contributed by atoms with Gasteiger partial charge in [0.2, 0.25) is 11.8 Å². The SMILES string of the molecule is N#CC1(CCF)CN(C(=O)c2cn(-c3ccc4c(c3)C(=O)N(C3CCC(=O)NC3=O)C4)nn2)C1. The number of hydrogen-bond acceptors (Lipinski definition) is 7. The van der Waals surface area contributed by atoms with Crippen LogP contribution in [-0.4, -0.2) is 74.2 Å². The molecule has 3 aliphatic heterocycles. The molecule has 1 atom stereocenters. The zero-order valence-corrected chi connectivity index (χ0v) is 18.0. The number of rotatable bonds is 5. The molecule has 5 rings (SSSR count). The van der Waals surface area contributed by atoms with Crippen LogP contribution in [0.5, 0.6) is 0 Å². The summed E-state index contributed by atoms with van der Waals surface area (Å²) in [6.07, 6.45) is 1.97. The van der Waals surface area contributed by atoms with E-state index in [1.807, 2.05) is 0 Å². The van der Waals surface area contributed by atoms with E-state index >= 15 is 0 Å². The minimum atomic E-state index is -0.852. The molecule has 2 saturated heterocycles. The zero-order chi connectivity index (χ0) is 24.0. The molecule has 11 nitrogen and oxygen atoms in total. The van der Waals surface area contributed by atoms with E-state index in [1.54, 1.807) is 18.2 Å². The van der Waals surface area contributed by atoms with Gasteiger partial charge in [-0.25, -0.2) is 4.68 Å². The summed E-state index contributed by atoms with van der Waals surface area (Å²) in [6.45, 7) is -0.0780. The Labute approximate surface area is 193 Å². The summed E-state index contributed by atoms with van der Waals surface area (Å²) in [4.78, 5) is 52.2. The van der Waals surface area contributed by atoms with Crippen molar-refractivity contribution in [2.45, 2.75) is 31.8 Å². The Morgan fingerprint density at radius 3 is 2.79 bits per heavy atom. The highest BCUT2D eigenvalue weighted by Gasteiger charge is 2.46. The highest BCUT2D eigenvalue weighted by molar-refractivity contribution is 6.05. The first-order valence-electron chi connectivity index (χ1n) is 10.8. The fourth-order valence-corrected chi connectivity index (χ4v) is 4.63. The summed E-state index contributed by atoms with van der Waals surface area (Å²) in [5.74, 6) is -1.54. The Balaban J connectivity index is 1.31. The Morgan fingerprint density at radius 1 is 1.29 bits per heavy atom. The van der Waals surface area contributed by atoms with E-state index in [2.05, 4.69) is 21.7 Å². The molecular formula is C22H20FN7O4. The number of carbonyl (C=O) groups excluding carboxylic acids is 4. The number of carbonyl (C=O) groups is 4. The van der Waals surface area contributed by atoms with Gasteiger partial charge in [-0.05, 0) is 30.5 Å². The number of halogens is 1. The second-order valence-electron chi connectivity index (χ2n) is 8.78. The van der Waals surface area contributed by atoms with Gasteiger partial charge in [-0.1, -0.05) is 11.3 Å². The summed E-state index contributed by atoms with van der Waals surface area (Å²) < 4.78 is 14.1. The van der Waals surface area contributed by atoms with Gasteiger partial charge in [-0.15, -0.1) is 5.10 Å². The number of nitriles is 1. The molecule has 12 heteroatoms. The summed E-state index contributed by atoms with van der Waals surface area (Å²) >= 11 is 0. The standard InChI is InChI=1S/C22H20FN7O4/c23-6-5-22(10-24)11-28(12-22)21(34)16-9-30(27-26-16)14-2-1-13-8-29(20(33)15(13)7-14)17-3-4-18(31)25-19(17)32/h1-2,7,9,17H,3-6,8,11-12H2,(H,25,31,32). The third-order valence-corrected chi connectivity index (χ3v) is 6.57. The Morgan fingerprint density at radius 2 is 2.09 bits per heavy atom. The van der Waals surface area contributed by atoms with Crippen molar-refractivity contribution in [3.8, 4) is 11.8 Å². The molecule has 0 aliphatic carbocycles. The quantitative estimate of drug-likeness (QED) is 0.628. The predicted octanol–water partition coefficient (Wildman–Crippen LogP) is 0.354. The number of nitrogens with zero attached hydrogens (tertiary/aromatic N) is 6. The molecule has 1 N–H and O–H groups in total. The number of piperidine rings is 1. The first-order chi connectivity index (χ1) is 16.3. The Hall–Kier alpha value is -4.14. The highest BCUT2D eigenvalue weighted by Crippen LogP contribution is 2.34. The smallest absolute Gasteiger partial charge is 0.276 e. The number of imide groups is 1. The average Bonchev–Trinajstić information content (AvgIpc) is 3.41. The lowest BCUT2D eigenvalue weighted by molar-refractivity contribution is -0.136. The fourth-order valence-electron chi connectivity index (χ4n) is 4.63. The van der Waals surface area contributed by atoms with Crippen LogP contribution in [0.4, 0.5) is 4.39 Å². The van der Waals surface area contributed by atoms with E-state index in [9.17, 15) is 28.8 Å². The number of amides is 4. The van der Waals surface area contributed by atoms with E-state index in [4.69, 9.17) is 0 Å². The van der Waals surface area contributed by atoms with Gasteiger partial charge in [0.05, 0.1) is 30.0 Å². The molecule has 34 heavy (non-hydrogen) atoms. The van der Waals surface area contributed by atoms with Gasteiger partial charge in [0.25, 0.3) is 11.8 Å². The maximum atomic E-state index is 13.0. The van der Waals surface area contributed by atoms with Gasteiger partial charge in [0.1, 0.15) is 6.04 Å². The summed E-state index contributed by atoms with van der Waals surface area (Å²) in [5.41, 5.74) is 0.893. The maximum absolute atomic E-state index is 13.0. The van der Waals surface area contributed by atoms with Crippen molar-refractivity contribution in [3.05, 3.63) is 41.2 Å². The molecule has 0 radical (unpaired) electrons. The average molecular weight is 465 g/mol. The second kappa shape index (κ2) is 8.02. The van der Waals surface area contributed by atoms with E-state index < -0.39 is 29.9 Å². The lowest BCUT2D eigenvalue weighted by Crippen LogP contribution is -2.58. The van der Waals surface area contributed by atoms with Crippen molar-refractivity contribution in [3.63, 3.8) is 0 Å². The van der Waals surface area contributed by atoms with Crippen molar-refractivity contribution in [2.24, 2.45) is 5.41 Å².